The summed E-state index contributed by atoms with van der Waals surface area (Å²) in [6.07, 6.45) is 3.60. The van der Waals surface area contributed by atoms with Crippen molar-refractivity contribution in [2.24, 2.45) is 0 Å². The maximum absolute atomic E-state index is 12.6. The number of hydrogen-bond donors (Lipinski definition) is 1. The van der Waals surface area contributed by atoms with E-state index >= 15 is 0 Å². The number of ether oxygens (including phenoxy) is 1. The molecular formula is C18H23N3O2S2. The standard InChI is InChI=1S/C18H23N3O2S2/c1-2-6-15-16(25-21-20-15)17(22)19-13-18(9-11-23-12-10-18)24-14-7-4-3-5-8-14/h3-5,7-8H,2,6,9-13H2,1H3,(H,19,22). The Morgan fingerprint density at radius 2 is 2.08 bits per heavy atom. The Morgan fingerprint density at radius 3 is 2.80 bits per heavy atom. The molecule has 1 aromatic carbocycles. The lowest BCUT2D eigenvalue weighted by Crippen LogP contribution is -2.44. The summed E-state index contributed by atoms with van der Waals surface area (Å²) in [5, 5.41) is 7.22. The summed E-state index contributed by atoms with van der Waals surface area (Å²) in [4.78, 5) is 14.5. The fourth-order valence-electron chi connectivity index (χ4n) is 2.90. The fourth-order valence-corrected chi connectivity index (χ4v) is 4.83. The summed E-state index contributed by atoms with van der Waals surface area (Å²) in [6.45, 7) is 4.17. The largest absolute Gasteiger partial charge is 0.381 e. The molecule has 1 N–H and O–H groups in total. The third-order valence-electron chi connectivity index (χ3n) is 4.30. The van der Waals surface area contributed by atoms with Gasteiger partial charge in [-0.1, -0.05) is 36.0 Å². The van der Waals surface area contributed by atoms with E-state index in [0.717, 1.165) is 44.6 Å². The van der Waals surface area contributed by atoms with E-state index in [1.54, 1.807) is 0 Å². The van der Waals surface area contributed by atoms with Gasteiger partial charge in [0.05, 0.1) is 5.69 Å². The third-order valence-corrected chi connectivity index (χ3v) is 6.56. The van der Waals surface area contributed by atoms with Crippen molar-refractivity contribution in [3.05, 3.63) is 40.9 Å². The Bertz CT molecular complexity index is 685. The predicted octanol–water partition coefficient (Wildman–Crippen LogP) is 3.56. The molecule has 1 aromatic heterocycles. The highest BCUT2D eigenvalue weighted by Crippen LogP contribution is 2.40. The molecule has 0 atom stereocenters. The molecule has 0 spiro atoms. The molecule has 5 nitrogen and oxygen atoms in total. The summed E-state index contributed by atoms with van der Waals surface area (Å²) in [5.41, 5.74) is 0.807. The number of nitrogens with zero attached hydrogens (tertiary/aromatic N) is 2. The summed E-state index contributed by atoms with van der Waals surface area (Å²) in [7, 11) is 0. The van der Waals surface area contributed by atoms with Gasteiger partial charge in [0.1, 0.15) is 4.88 Å². The molecule has 1 aliphatic heterocycles. The topological polar surface area (TPSA) is 64.1 Å². The fraction of sp³-hybridized carbons (Fsp3) is 0.500. The Morgan fingerprint density at radius 1 is 1.32 bits per heavy atom. The first-order chi connectivity index (χ1) is 12.2. The van der Waals surface area contributed by atoms with Crippen LogP contribution in [-0.2, 0) is 11.2 Å². The van der Waals surface area contributed by atoms with Gasteiger partial charge in [0.15, 0.2) is 0 Å². The van der Waals surface area contributed by atoms with Crippen LogP contribution in [0.15, 0.2) is 35.2 Å². The number of carbonyl (C=O) groups excluding carboxylic acids is 1. The number of hydrogen-bond acceptors (Lipinski definition) is 6. The average molecular weight is 378 g/mol. The van der Waals surface area contributed by atoms with E-state index in [0.29, 0.717) is 11.4 Å². The van der Waals surface area contributed by atoms with Gasteiger partial charge in [0, 0.05) is 29.4 Å². The first-order valence-corrected chi connectivity index (χ1v) is 10.2. The van der Waals surface area contributed by atoms with E-state index in [1.165, 1.54) is 16.4 Å². The van der Waals surface area contributed by atoms with Gasteiger partial charge in [-0.25, -0.2) is 0 Å². The summed E-state index contributed by atoms with van der Waals surface area (Å²) in [6, 6.07) is 10.4. The highest BCUT2D eigenvalue weighted by molar-refractivity contribution is 8.00. The number of nitrogens with one attached hydrogen (secondary N) is 1. The maximum Gasteiger partial charge on any atom is 0.264 e. The quantitative estimate of drug-likeness (QED) is 0.799. The van der Waals surface area contributed by atoms with Crippen LogP contribution < -0.4 is 5.32 Å². The molecule has 1 amide bonds. The van der Waals surface area contributed by atoms with Gasteiger partial charge in [-0.05, 0) is 42.9 Å². The van der Waals surface area contributed by atoms with Crippen LogP contribution in [0.2, 0.25) is 0 Å². The molecule has 0 aliphatic carbocycles. The van der Waals surface area contributed by atoms with Crippen molar-refractivity contribution >= 4 is 29.2 Å². The second-order valence-corrected chi connectivity index (χ2v) is 8.49. The Hall–Kier alpha value is -1.44. The van der Waals surface area contributed by atoms with E-state index in [1.807, 2.05) is 30.0 Å². The minimum atomic E-state index is -0.0574. The Kier molecular flexibility index (Phi) is 6.45. The van der Waals surface area contributed by atoms with Gasteiger partial charge in [0.25, 0.3) is 5.91 Å². The molecule has 25 heavy (non-hydrogen) atoms. The van der Waals surface area contributed by atoms with Crippen LogP contribution in [0.4, 0.5) is 0 Å². The first-order valence-electron chi connectivity index (χ1n) is 8.64. The minimum absolute atomic E-state index is 0.0295. The SMILES string of the molecule is CCCc1nnsc1C(=O)NCC1(Sc2ccccc2)CCOCC1. The molecule has 1 aliphatic rings. The maximum atomic E-state index is 12.6. The van der Waals surface area contributed by atoms with Gasteiger partial charge < -0.3 is 10.1 Å². The zero-order chi connectivity index (χ0) is 17.5. The molecule has 3 rings (SSSR count). The monoisotopic (exact) mass is 377 g/mol. The predicted molar refractivity (Wildman–Crippen MR) is 101 cm³/mol. The lowest BCUT2D eigenvalue weighted by molar-refractivity contribution is 0.0741. The molecule has 1 fully saturated rings. The molecule has 0 bridgehead atoms. The van der Waals surface area contributed by atoms with Gasteiger partial charge in [0.2, 0.25) is 0 Å². The van der Waals surface area contributed by atoms with Gasteiger partial charge in [-0.3, -0.25) is 4.79 Å². The first kappa shape index (κ1) is 18.4. The van der Waals surface area contributed by atoms with Crippen LogP contribution in [0.3, 0.4) is 0 Å². The van der Waals surface area contributed by atoms with Crippen LogP contribution in [-0.4, -0.2) is 40.0 Å². The highest BCUT2D eigenvalue weighted by atomic mass is 32.2. The van der Waals surface area contributed by atoms with Gasteiger partial charge in [-0.2, -0.15) is 0 Å². The molecule has 0 radical (unpaired) electrons. The van der Waals surface area contributed by atoms with Crippen molar-refractivity contribution in [2.75, 3.05) is 19.8 Å². The molecule has 7 heteroatoms. The molecule has 2 heterocycles. The molecule has 134 valence electrons. The average Bonchev–Trinajstić information content (AvgIpc) is 3.10. The van der Waals surface area contributed by atoms with Gasteiger partial charge >= 0.3 is 0 Å². The van der Waals surface area contributed by atoms with Gasteiger partial charge in [-0.15, -0.1) is 16.9 Å². The van der Waals surface area contributed by atoms with Crippen molar-refractivity contribution in [3.63, 3.8) is 0 Å². The zero-order valence-electron chi connectivity index (χ0n) is 14.4. The Balaban J connectivity index is 1.68. The molecule has 2 aromatic rings. The lowest BCUT2D eigenvalue weighted by atomic mass is 9.99. The second kappa shape index (κ2) is 8.78. The van der Waals surface area contributed by atoms with Crippen molar-refractivity contribution in [1.29, 1.82) is 0 Å². The number of aromatic nitrogens is 2. The zero-order valence-corrected chi connectivity index (χ0v) is 16.0. The Labute approximate surface area is 156 Å². The highest BCUT2D eigenvalue weighted by Gasteiger charge is 2.34. The lowest BCUT2D eigenvalue weighted by Gasteiger charge is -2.36. The van der Waals surface area contributed by atoms with Crippen molar-refractivity contribution in [3.8, 4) is 0 Å². The van der Waals surface area contributed by atoms with E-state index in [4.69, 9.17) is 4.74 Å². The third kappa shape index (κ3) is 4.80. The summed E-state index contributed by atoms with van der Waals surface area (Å²) < 4.78 is 9.47. The molecule has 1 saturated heterocycles. The summed E-state index contributed by atoms with van der Waals surface area (Å²) >= 11 is 3.03. The normalized spacial score (nSPS) is 16.5. The van der Waals surface area contributed by atoms with Crippen LogP contribution >= 0.6 is 23.3 Å². The smallest absolute Gasteiger partial charge is 0.264 e. The van der Waals surface area contributed by atoms with Crippen LogP contribution in [0.25, 0.3) is 0 Å². The van der Waals surface area contributed by atoms with Crippen molar-refractivity contribution in [2.45, 2.75) is 42.2 Å². The van der Waals surface area contributed by atoms with E-state index in [9.17, 15) is 4.79 Å². The molecule has 0 saturated carbocycles. The number of amides is 1. The van der Waals surface area contributed by atoms with E-state index in [2.05, 4.69) is 34.0 Å². The van der Waals surface area contributed by atoms with E-state index in [-0.39, 0.29) is 10.7 Å². The minimum Gasteiger partial charge on any atom is -0.381 e. The molecule has 0 unspecified atom stereocenters. The van der Waals surface area contributed by atoms with Crippen LogP contribution in [0.1, 0.15) is 41.6 Å². The second-order valence-electron chi connectivity index (χ2n) is 6.19. The van der Waals surface area contributed by atoms with Crippen LogP contribution in [0.5, 0.6) is 0 Å². The number of rotatable bonds is 7. The van der Waals surface area contributed by atoms with Crippen molar-refractivity contribution in [1.82, 2.24) is 14.9 Å². The van der Waals surface area contributed by atoms with Crippen molar-refractivity contribution < 1.29 is 9.53 Å². The molecular weight excluding hydrogens is 354 g/mol. The number of carbonyl (C=O) groups is 1. The number of thioether (sulfide) groups is 1. The number of aryl methyl sites for hydroxylation is 1. The van der Waals surface area contributed by atoms with E-state index < -0.39 is 0 Å². The van der Waals surface area contributed by atoms with Crippen LogP contribution in [0, 0.1) is 0 Å². The number of benzene rings is 1. The summed E-state index contributed by atoms with van der Waals surface area (Å²) in [5.74, 6) is -0.0574.